The number of hydrogen-bond acceptors (Lipinski definition) is 6. The van der Waals surface area contributed by atoms with Crippen LogP contribution < -0.4 is 16.3 Å². The van der Waals surface area contributed by atoms with Gasteiger partial charge in [-0.15, -0.1) is 0 Å². The zero-order valence-electron chi connectivity index (χ0n) is 19.6. The van der Waals surface area contributed by atoms with Crippen LogP contribution in [0.25, 0.3) is 10.9 Å². The normalized spacial score (nSPS) is 16.8. The molecule has 7 heteroatoms. The highest BCUT2D eigenvalue weighted by atomic mass is 16.1. The molecule has 7 nitrogen and oxygen atoms in total. The van der Waals surface area contributed by atoms with Crippen molar-refractivity contribution in [1.29, 1.82) is 0 Å². The van der Waals surface area contributed by atoms with Crippen LogP contribution in [0.15, 0.2) is 35.1 Å². The first-order valence-corrected chi connectivity index (χ1v) is 12.3. The summed E-state index contributed by atoms with van der Waals surface area (Å²) >= 11 is 0. The second kappa shape index (κ2) is 9.51. The number of unbranched alkanes of at least 4 members (excludes halogenated alkanes) is 1. The molecule has 174 valence electrons. The Balaban J connectivity index is 1.12. The van der Waals surface area contributed by atoms with E-state index in [1.807, 2.05) is 0 Å². The average Bonchev–Trinajstić information content (AvgIpc) is 2.85. The van der Waals surface area contributed by atoms with Crippen LogP contribution in [0, 0.1) is 6.92 Å². The SMILES string of the molecule is Cc1cc2ccccc2nc1N1CCN(CCCCc2nc3c(c(=O)n2N)CCCC3)CC1. The minimum atomic E-state index is -0.0385. The van der Waals surface area contributed by atoms with Gasteiger partial charge in [-0.2, -0.15) is 0 Å². The molecule has 1 aliphatic heterocycles. The summed E-state index contributed by atoms with van der Waals surface area (Å²) in [5.74, 6) is 7.93. The minimum absolute atomic E-state index is 0.0385. The third-order valence-electron chi connectivity index (χ3n) is 7.14. The van der Waals surface area contributed by atoms with Gasteiger partial charge in [-0.05, 0) is 69.7 Å². The van der Waals surface area contributed by atoms with E-state index in [2.05, 4.69) is 47.1 Å². The molecule has 0 amide bonds. The molecule has 0 unspecified atom stereocenters. The zero-order valence-corrected chi connectivity index (χ0v) is 19.6. The number of rotatable bonds is 6. The molecule has 1 fully saturated rings. The van der Waals surface area contributed by atoms with Crippen LogP contribution in [-0.2, 0) is 19.3 Å². The van der Waals surface area contributed by atoms with Crippen molar-refractivity contribution in [3.63, 3.8) is 0 Å². The number of benzene rings is 1. The number of fused-ring (bicyclic) bond motifs is 2. The maximum atomic E-state index is 12.5. The summed E-state index contributed by atoms with van der Waals surface area (Å²) in [6, 6.07) is 10.6. The summed E-state index contributed by atoms with van der Waals surface area (Å²) in [7, 11) is 0. The molecule has 0 atom stereocenters. The average molecular weight is 447 g/mol. The Kier molecular flexibility index (Phi) is 6.31. The van der Waals surface area contributed by atoms with Crippen molar-refractivity contribution in [2.24, 2.45) is 0 Å². The number of aromatic nitrogens is 3. The van der Waals surface area contributed by atoms with Crippen molar-refractivity contribution in [3.05, 3.63) is 63.3 Å². The molecule has 0 bridgehead atoms. The summed E-state index contributed by atoms with van der Waals surface area (Å²) in [5.41, 5.74) is 4.09. The van der Waals surface area contributed by atoms with Gasteiger partial charge in [-0.1, -0.05) is 18.2 Å². The van der Waals surface area contributed by atoms with E-state index in [1.165, 1.54) is 15.6 Å². The van der Waals surface area contributed by atoms with E-state index in [0.717, 1.165) is 106 Å². The van der Waals surface area contributed by atoms with E-state index >= 15 is 0 Å². The molecule has 3 aromatic rings. The Labute approximate surface area is 195 Å². The third-order valence-corrected chi connectivity index (χ3v) is 7.14. The number of pyridine rings is 1. The smallest absolute Gasteiger partial charge is 0.275 e. The highest BCUT2D eigenvalue weighted by Gasteiger charge is 2.20. The van der Waals surface area contributed by atoms with E-state index in [1.54, 1.807) is 0 Å². The quantitative estimate of drug-likeness (QED) is 0.463. The molecule has 0 saturated carbocycles. The van der Waals surface area contributed by atoms with Crippen molar-refractivity contribution >= 4 is 16.7 Å². The predicted octanol–water partition coefficient (Wildman–Crippen LogP) is 2.84. The van der Waals surface area contributed by atoms with Gasteiger partial charge in [0.2, 0.25) is 0 Å². The van der Waals surface area contributed by atoms with Crippen molar-refractivity contribution in [3.8, 4) is 0 Å². The summed E-state index contributed by atoms with van der Waals surface area (Å²) in [6.07, 6.45) is 6.75. The number of hydrogen-bond donors (Lipinski definition) is 1. The van der Waals surface area contributed by atoms with Crippen LogP contribution in [0.2, 0.25) is 0 Å². The lowest BCUT2D eigenvalue weighted by Gasteiger charge is -2.36. The van der Waals surface area contributed by atoms with Crippen molar-refractivity contribution < 1.29 is 0 Å². The number of anilines is 1. The maximum Gasteiger partial charge on any atom is 0.275 e. The Morgan fingerprint density at radius 2 is 1.79 bits per heavy atom. The van der Waals surface area contributed by atoms with E-state index in [-0.39, 0.29) is 5.56 Å². The van der Waals surface area contributed by atoms with Gasteiger partial charge in [0.1, 0.15) is 11.6 Å². The first-order chi connectivity index (χ1) is 16.1. The van der Waals surface area contributed by atoms with E-state index < -0.39 is 0 Å². The molecule has 2 aromatic heterocycles. The van der Waals surface area contributed by atoms with E-state index in [4.69, 9.17) is 15.8 Å². The highest BCUT2D eigenvalue weighted by molar-refractivity contribution is 5.81. The molecule has 1 aromatic carbocycles. The largest absolute Gasteiger partial charge is 0.354 e. The number of piperazine rings is 1. The molecule has 5 rings (SSSR count). The standard InChI is InChI=1S/C26H34N6O/c1-19-18-20-8-2-4-10-22(20)29-25(19)31-16-14-30(15-17-31)13-7-6-12-24-28-23-11-5-3-9-21(23)26(33)32(24)27/h2,4,8,10,18H,3,5-7,9,11-17,27H2,1H3. The number of nitrogen functional groups attached to an aromatic ring is 1. The van der Waals surface area contributed by atoms with Gasteiger partial charge >= 0.3 is 0 Å². The Hall–Kier alpha value is -2.93. The van der Waals surface area contributed by atoms with Crippen LogP contribution in [0.1, 0.15) is 48.3 Å². The lowest BCUT2D eigenvalue weighted by molar-refractivity contribution is 0.252. The van der Waals surface area contributed by atoms with E-state index in [0.29, 0.717) is 0 Å². The molecule has 33 heavy (non-hydrogen) atoms. The van der Waals surface area contributed by atoms with Gasteiger partial charge in [-0.3, -0.25) is 9.69 Å². The number of nitrogens with zero attached hydrogens (tertiary/aromatic N) is 5. The Bertz CT molecular complexity index is 1200. The second-order valence-corrected chi connectivity index (χ2v) is 9.44. The molecule has 0 spiro atoms. The molecule has 2 aliphatic rings. The summed E-state index contributed by atoms with van der Waals surface area (Å²) in [4.78, 5) is 27.2. The lowest BCUT2D eigenvalue weighted by Crippen LogP contribution is -2.47. The molecule has 0 radical (unpaired) electrons. The van der Waals surface area contributed by atoms with Crippen molar-refractivity contribution in [2.75, 3.05) is 43.5 Å². The topological polar surface area (TPSA) is 80.3 Å². The Morgan fingerprint density at radius 1 is 1.00 bits per heavy atom. The molecule has 3 heterocycles. The zero-order chi connectivity index (χ0) is 22.8. The monoisotopic (exact) mass is 446 g/mol. The summed E-state index contributed by atoms with van der Waals surface area (Å²) in [6.45, 7) is 7.33. The third kappa shape index (κ3) is 4.60. The van der Waals surface area contributed by atoms with Gasteiger partial charge in [-0.25, -0.2) is 14.6 Å². The van der Waals surface area contributed by atoms with Crippen LogP contribution in [0.4, 0.5) is 5.82 Å². The molecular weight excluding hydrogens is 412 g/mol. The fourth-order valence-electron chi connectivity index (χ4n) is 5.23. The van der Waals surface area contributed by atoms with Crippen LogP contribution >= 0.6 is 0 Å². The molecule has 1 aliphatic carbocycles. The van der Waals surface area contributed by atoms with Gasteiger partial charge in [0.05, 0.1) is 11.2 Å². The van der Waals surface area contributed by atoms with Gasteiger partial charge in [0.15, 0.2) is 0 Å². The van der Waals surface area contributed by atoms with Crippen LogP contribution in [-0.4, -0.2) is 52.3 Å². The second-order valence-electron chi connectivity index (χ2n) is 9.44. The van der Waals surface area contributed by atoms with Crippen molar-refractivity contribution in [1.82, 2.24) is 19.5 Å². The van der Waals surface area contributed by atoms with Gasteiger partial charge < -0.3 is 10.7 Å². The van der Waals surface area contributed by atoms with Gasteiger partial charge in [0.25, 0.3) is 5.56 Å². The summed E-state index contributed by atoms with van der Waals surface area (Å²) < 4.78 is 1.29. The first-order valence-electron chi connectivity index (χ1n) is 12.3. The fourth-order valence-corrected chi connectivity index (χ4v) is 5.23. The lowest BCUT2D eigenvalue weighted by atomic mass is 9.97. The minimum Gasteiger partial charge on any atom is -0.354 e. The molecular formula is C26H34N6O. The highest BCUT2D eigenvalue weighted by Crippen LogP contribution is 2.24. The number of para-hydroxylation sites is 1. The van der Waals surface area contributed by atoms with Gasteiger partial charge in [0, 0.05) is 43.5 Å². The van der Waals surface area contributed by atoms with Crippen molar-refractivity contribution in [2.45, 2.75) is 51.9 Å². The number of nitrogens with two attached hydrogens (primary N) is 1. The predicted molar refractivity (Wildman–Crippen MR) is 133 cm³/mol. The fraction of sp³-hybridized carbons (Fsp3) is 0.500. The molecule has 1 saturated heterocycles. The number of aryl methyl sites for hydroxylation is 3. The first kappa shape index (κ1) is 21.9. The summed E-state index contributed by atoms with van der Waals surface area (Å²) in [5, 5.41) is 1.20. The molecule has 2 N–H and O–H groups in total. The Morgan fingerprint density at radius 3 is 2.64 bits per heavy atom. The van der Waals surface area contributed by atoms with Crippen LogP contribution in [0.3, 0.4) is 0 Å². The van der Waals surface area contributed by atoms with Crippen LogP contribution in [0.5, 0.6) is 0 Å². The van der Waals surface area contributed by atoms with E-state index in [9.17, 15) is 4.79 Å². The maximum absolute atomic E-state index is 12.5.